The van der Waals surface area contributed by atoms with E-state index in [4.69, 9.17) is 5.73 Å². The highest BCUT2D eigenvalue weighted by atomic mass is 19.4. The van der Waals surface area contributed by atoms with Gasteiger partial charge in [0.2, 0.25) is 0 Å². The highest BCUT2D eigenvalue weighted by molar-refractivity contribution is 6.39. The molecule has 4 N–H and O–H groups in total. The third-order valence-corrected chi connectivity index (χ3v) is 1.98. The molecule has 0 atom stereocenters. The highest BCUT2D eigenvalue weighted by Gasteiger charge is 2.30. The second-order valence-corrected chi connectivity index (χ2v) is 3.57. The zero-order valence-corrected chi connectivity index (χ0v) is 10.2. The number of carbonyl (C=O) groups is 2. The topological polar surface area (TPSA) is 93.5 Å². The molecule has 110 valence electrons. The average Bonchev–Trinajstić information content (AvgIpc) is 2.36. The SMILES string of the molecule is NCCNC(=O)C(=O)Nc1ccc(OC(F)(F)F)cc1. The van der Waals surface area contributed by atoms with Crippen molar-refractivity contribution in [3.8, 4) is 5.75 Å². The molecule has 0 bridgehead atoms. The van der Waals surface area contributed by atoms with Crippen molar-refractivity contribution in [1.29, 1.82) is 0 Å². The second kappa shape index (κ2) is 6.75. The Labute approximate surface area is 112 Å². The molecule has 0 radical (unpaired) electrons. The van der Waals surface area contributed by atoms with E-state index in [0.29, 0.717) is 0 Å². The van der Waals surface area contributed by atoms with Crippen LogP contribution in [0.1, 0.15) is 0 Å². The van der Waals surface area contributed by atoms with Crippen LogP contribution in [-0.4, -0.2) is 31.3 Å². The lowest BCUT2D eigenvalue weighted by Crippen LogP contribution is -2.37. The van der Waals surface area contributed by atoms with Crippen LogP contribution in [0.5, 0.6) is 5.75 Å². The van der Waals surface area contributed by atoms with Gasteiger partial charge in [-0.1, -0.05) is 0 Å². The number of carbonyl (C=O) groups excluding carboxylic acids is 2. The predicted octanol–water partition coefficient (Wildman–Crippen LogP) is 0.599. The van der Waals surface area contributed by atoms with Crippen molar-refractivity contribution in [2.24, 2.45) is 5.73 Å². The van der Waals surface area contributed by atoms with Crippen LogP contribution in [0, 0.1) is 0 Å². The van der Waals surface area contributed by atoms with Crippen molar-refractivity contribution >= 4 is 17.5 Å². The summed E-state index contributed by atoms with van der Waals surface area (Å²) in [6.07, 6.45) is -4.78. The zero-order valence-electron chi connectivity index (χ0n) is 10.2. The maximum absolute atomic E-state index is 11.9. The molecule has 0 aliphatic carbocycles. The van der Waals surface area contributed by atoms with Gasteiger partial charge >= 0.3 is 18.2 Å². The standard InChI is InChI=1S/C11H12F3N3O3/c12-11(13,14)20-8-3-1-7(2-4-8)17-10(19)9(18)16-6-5-15/h1-4H,5-6,15H2,(H,16,18)(H,17,19). The van der Waals surface area contributed by atoms with Crippen LogP contribution in [0.25, 0.3) is 0 Å². The number of ether oxygens (including phenoxy) is 1. The number of amides is 2. The quantitative estimate of drug-likeness (QED) is 0.708. The normalized spacial score (nSPS) is 10.8. The van der Waals surface area contributed by atoms with E-state index in [1.807, 2.05) is 0 Å². The fourth-order valence-corrected chi connectivity index (χ4v) is 1.19. The minimum Gasteiger partial charge on any atom is -0.406 e. The molecule has 0 unspecified atom stereocenters. The number of nitrogens with one attached hydrogen (secondary N) is 2. The fraction of sp³-hybridized carbons (Fsp3) is 0.273. The number of anilines is 1. The average molecular weight is 291 g/mol. The molecule has 1 aromatic carbocycles. The van der Waals surface area contributed by atoms with Crippen molar-refractivity contribution in [3.05, 3.63) is 24.3 Å². The van der Waals surface area contributed by atoms with E-state index in [1.165, 1.54) is 12.1 Å². The number of nitrogens with two attached hydrogens (primary N) is 1. The van der Waals surface area contributed by atoms with Gasteiger partial charge < -0.3 is 21.1 Å². The Morgan fingerprint density at radius 2 is 1.75 bits per heavy atom. The van der Waals surface area contributed by atoms with Crippen LogP contribution >= 0.6 is 0 Å². The molecule has 0 aliphatic rings. The summed E-state index contributed by atoms with van der Waals surface area (Å²) >= 11 is 0. The van der Waals surface area contributed by atoms with Crippen LogP contribution in [0.2, 0.25) is 0 Å². The molecule has 9 heteroatoms. The largest absolute Gasteiger partial charge is 0.573 e. The first kappa shape index (κ1) is 15.8. The van der Waals surface area contributed by atoms with E-state index in [9.17, 15) is 22.8 Å². The Morgan fingerprint density at radius 3 is 2.25 bits per heavy atom. The predicted molar refractivity (Wildman–Crippen MR) is 63.8 cm³/mol. The van der Waals surface area contributed by atoms with Gasteiger partial charge in [-0.05, 0) is 24.3 Å². The number of benzene rings is 1. The Bertz CT molecular complexity index is 474. The lowest BCUT2D eigenvalue weighted by atomic mass is 10.3. The summed E-state index contributed by atoms with van der Waals surface area (Å²) in [5.74, 6) is -2.25. The van der Waals surface area contributed by atoms with Crippen molar-refractivity contribution in [2.45, 2.75) is 6.36 Å². The maximum Gasteiger partial charge on any atom is 0.573 e. The second-order valence-electron chi connectivity index (χ2n) is 3.57. The van der Waals surface area contributed by atoms with Gasteiger partial charge in [0.15, 0.2) is 0 Å². The van der Waals surface area contributed by atoms with Gasteiger partial charge in [0.25, 0.3) is 0 Å². The molecule has 0 aliphatic heterocycles. The molecule has 20 heavy (non-hydrogen) atoms. The fourth-order valence-electron chi connectivity index (χ4n) is 1.19. The summed E-state index contributed by atoms with van der Waals surface area (Å²) in [5, 5.41) is 4.46. The van der Waals surface area contributed by atoms with Gasteiger partial charge in [-0.25, -0.2) is 0 Å². The summed E-state index contributed by atoms with van der Waals surface area (Å²) < 4.78 is 39.4. The molecule has 6 nitrogen and oxygen atoms in total. The first-order valence-electron chi connectivity index (χ1n) is 5.47. The molecule has 0 fully saturated rings. The summed E-state index contributed by atoms with van der Waals surface area (Å²) in [4.78, 5) is 22.6. The molecule has 0 heterocycles. The van der Waals surface area contributed by atoms with Crippen molar-refractivity contribution in [2.75, 3.05) is 18.4 Å². The Hall–Kier alpha value is -2.29. The molecule has 0 saturated carbocycles. The molecular formula is C11H12F3N3O3. The number of hydrogen-bond donors (Lipinski definition) is 3. The molecule has 1 aromatic rings. The van der Waals surface area contributed by atoms with Gasteiger partial charge in [-0.15, -0.1) is 13.2 Å². The summed E-state index contributed by atoms with van der Waals surface area (Å²) in [7, 11) is 0. The number of hydrogen-bond acceptors (Lipinski definition) is 4. The maximum atomic E-state index is 11.9. The molecule has 2 amide bonds. The van der Waals surface area contributed by atoms with Crippen molar-refractivity contribution in [3.63, 3.8) is 0 Å². The Kier molecular flexibility index (Phi) is 5.32. The van der Waals surface area contributed by atoms with E-state index in [1.54, 1.807) is 0 Å². The lowest BCUT2D eigenvalue weighted by molar-refractivity contribution is -0.274. The van der Waals surface area contributed by atoms with E-state index < -0.39 is 23.9 Å². The molecule has 1 rings (SSSR count). The number of rotatable bonds is 4. The minimum atomic E-state index is -4.78. The number of alkyl halides is 3. The van der Waals surface area contributed by atoms with Gasteiger partial charge in [0, 0.05) is 18.8 Å². The van der Waals surface area contributed by atoms with E-state index in [2.05, 4.69) is 15.4 Å². The Morgan fingerprint density at radius 1 is 1.15 bits per heavy atom. The van der Waals surface area contributed by atoms with E-state index in [0.717, 1.165) is 12.1 Å². The summed E-state index contributed by atoms with van der Waals surface area (Å²) in [5.41, 5.74) is 5.30. The van der Waals surface area contributed by atoms with Crippen molar-refractivity contribution in [1.82, 2.24) is 5.32 Å². The van der Waals surface area contributed by atoms with E-state index in [-0.39, 0.29) is 18.8 Å². The van der Waals surface area contributed by atoms with Gasteiger partial charge in [-0.2, -0.15) is 0 Å². The van der Waals surface area contributed by atoms with Crippen LogP contribution in [0.3, 0.4) is 0 Å². The van der Waals surface area contributed by atoms with Gasteiger partial charge in [-0.3, -0.25) is 9.59 Å². The van der Waals surface area contributed by atoms with Crippen LogP contribution < -0.4 is 21.1 Å². The van der Waals surface area contributed by atoms with E-state index >= 15 is 0 Å². The Balaban J connectivity index is 2.57. The third-order valence-electron chi connectivity index (χ3n) is 1.98. The zero-order chi connectivity index (χ0) is 15.2. The van der Waals surface area contributed by atoms with Crippen LogP contribution in [0.15, 0.2) is 24.3 Å². The highest BCUT2D eigenvalue weighted by Crippen LogP contribution is 2.23. The number of halogens is 3. The molecule has 0 spiro atoms. The molecule has 0 saturated heterocycles. The monoisotopic (exact) mass is 291 g/mol. The smallest absolute Gasteiger partial charge is 0.406 e. The molecular weight excluding hydrogens is 279 g/mol. The summed E-state index contributed by atoms with van der Waals surface area (Å²) in [6.45, 7) is 0.326. The van der Waals surface area contributed by atoms with Gasteiger partial charge in [0.05, 0.1) is 0 Å². The van der Waals surface area contributed by atoms with Crippen molar-refractivity contribution < 1.29 is 27.5 Å². The third kappa shape index (κ3) is 5.57. The summed E-state index contributed by atoms with van der Waals surface area (Å²) in [6, 6.07) is 4.38. The first-order valence-corrected chi connectivity index (χ1v) is 5.47. The minimum absolute atomic E-state index is 0.143. The molecule has 0 aromatic heterocycles. The van der Waals surface area contributed by atoms with Crippen LogP contribution in [-0.2, 0) is 9.59 Å². The van der Waals surface area contributed by atoms with Crippen LogP contribution in [0.4, 0.5) is 18.9 Å². The first-order chi connectivity index (χ1) is 9.31. The van der Waals surface area contributed by atoms with Gasteiger partial charge in [0.1, 0.15) is 5.75 Å². The lowest BCUT2D eigenvalue weighted by Gasteiger charge is -2.09.